The lowest BCUT2D eigenvalue weighted by Crippen LogP contribution is -2.55. The Balaban J connectivity index is 2.13. The first-order chi connectivity index (χ1) is 23.5. The van der Waals surface area contributed by atoms with Crippen molar-refractivity contribution in [3.63, 3.8) is 0 Å². The van der Waals surface area contributed by atoms with Crippen molar-refractivity contribution in [1.29, 1.82) is 0 Å². The van der Waals surface area contributed by atoms with Crippen LogP contribution in [0.1, 0.15) is 145 Å². The van der Waals surface area contributed by atoms with Crippen LogP contribution in [0.3, 0.4) is 0 Å². The van der Waals surface area contributed by atoms with E-state index in [-0.39, 0.29) is 29.4 Å². The van der Waals surface area contributed by atoms with E-state index < -0.39 is 56.7 Å². The molecule has 0 spiro atoms. The van der Waals surface area contributed by atoms with Crippen molar-refractivity contribution in [2.45, 2.75) is 161 Å². The summed E-state index contributed by atoms with van der Waals surface area (Å²) in [5.41, 5.74) is -2.86. The Labute approximate surface area is 298 Å². The number of carbonyl (C=O) groups is 5. The maximum atomic E-state index is 13.8. The molecule has 1 aromatic carbocycles. The molecule has 0 aliphatic carbocycles. The number of amides is 4. The van der Waals surface area contributed by atoms with Crippen LogP contribution in [0, 0.1) is 5.41 Å². The lowest BCUT2D eigenvalue weighted by molar-refractivity contribution is -0.145. The largest absolute Gasteiger partial charge is 0.491 e. The Hall–Kier alpha value is -3.48. The second-order valence-corrected chi connectivity index (χ2v) is 16.2. The molecule has 1 unspecified atom stereocenters. The third-order valence-corrected chi connectivity index (χ3v) is 9.98. The monoisotopic (exact) mass is 721 g/mol. The van der Waals surface area contributed by atoms with Crippen LogP contribution in [-0.2, 0) is 33.9 Å². The third kappa shape index (κ3) is 13.0. The highest BCUT2D eigenvalue weighted by Crippen LogP contribution is 2.32. The van der Waals surface area contributed by atoms with E-state index >= 15 is 0 Å². The van der Waals surface area contributed by atoms with Crippen LogP contribution in [0.25, 0.3) is 0 Å². The second kappa shape index (κ2) is 19.8. The van der Waals surface area contributed by atoms with Gasteiger partial charge in [-0.05, 0) is 38.5 Å². The molecule has 1 aliphatic heterocycles. The number of hydrogen-bond donors (Lipinski definition) is 2. The summed E-state index contributed by atoms with van der Waals surface area (Å²) >= 11 is 0. The molecule has 0 radical (unpaired) electrons. The van der Waals surface area contributed by atoms with Gasteiger partial charge in [-0.15, -0.1) is 0 Å². The summed E-state index contributed by atoms with van der Waals surface area (Å²) in [6, 6.07) is 1.79. The smallest absolute Gasteiger partial charge is 0.418 e. The molecule has 13 heteroatoms. The van der Waals surface area contributed by atoms with E-state index in [1.54, 1.807) is 20.8 Å². The molecule has 4 amide bonds. The van der Waals surface area contributed by atoms with E-state index in [0.29, 0.717) is 11.3 Å². The highest BCUT2D eigenvalue weighted by molar-refractivity contribution is 7.90. The van der Waals surface area contributed by atoms with Gasteiger partial charge in [0.05, 0.1) is 17.2 Å². The minimum absolute atomic E-state index is 0.0733. The van der Waals surface area contributed by atoms with Gasteiger partial charge in [0.15, 0.2) is 17.4 Å². The standard InChI is InChI=1S/C37H59N3O9S/c1-8-10-11-12-13-14-15-16-17-18-19-20-21-22-25-48-29-24-23-27(50(46,47)39-30(41)9-2)26-28(29)38-33(43)31(32(42)36(3,4)5)40-34(44)37(6,7)49-35(40)45/h23-24,26,31H,8-22,25H2,1-7H3,(H,38,43)(H,39,41). The van der Waals surface area contributed by atoms with Gasteiger partial charge in [0.1, 0.15) is 5.75 Å². The van der Waals surface area contributed by atoms with Crippen LogP contribution in [0.4, 0.5) is 10.5 Å². The molecule has 282 valence electrons. The van der Waals surface area contributed by atoms with Crippen LogP contribution in [0.2, 0.25) is 0 Å². The molecule has 0 bridgehead atoms. The summed E-state index contributed by atoms with van der Waals surface area (Å²) < 4.78 is 39.0. The lowest BCUT2D eigenvalue weighted by Gasteiger charge is -2.28. The van der Waals surface area contributed by atoms with E-state index in [1.165, 1.54) is 97.1 Å². The maximum absolute atomic E-state index is 13.8. The van der Waals surface area contributed by atoms with Crippen molar-refractivity contribution in [2.24, 2.45) is 5.41 Å². The van der Waals surface area contributed by atoms with Crippen molar-refractivity contribution in [1.82, 2.24) is 9.62 Å². The maximum Gasteiger partial charge on any atom is 0.418 e. The Morgan fingerprint density at radius 3 is 1.84 bits per heavy atom. The topological polar surface area (TPSA) is 165 Å². The van der Waals surface area contributed by atoms with Crippen molar-refractivity contribution in [3.05, 3.63) is 18.2 Å². The minimum atomic E-state index is -4.32. The van der Waals surface area contributed by atoms with Gasteiger partial charge >= 0.3 is 6.09 Å². The molecule has 1 heterocycles. The van der Waals surface area contributed by atoms with Crippen LogP contribution in [-0.4, -0.2) is 61.2 Å². The zero-order valence-electron chi connectivity index (χ0n) is 31.2. The quantitative estimate of drug-likeness (QED) is 0.0863. The minimum Gasteiger partial charge on any atom is -0.491 e. The van der Waals surface area contributed by atoms with Gasteiger partial charge in [0.25, 0.3) is 21.8 Å². The summed E-state index contributed by atoms with van der Waals surface area (Å²) in [7, 11) is -4.32. The summed E-state index contributed by atoms with van der Waals surface area (Å²) in [6.07, 6.45) is 15.5. The highest BCUT2D eigenvalue weighted by Gasteiger charge is 2.55. The van der Waals surface area contributed by atoms with Crippen LogP contribution >= 0.6 is 0 Å². The Bertz CT molecular complexity index is 1430. The molecular weight excluding hydrogens is 662 g/mol. The first-order valence-electron chi connectivity index (χ1n) is 18.2. The number of rotatable bonds is 23. The van der Waals surface area contributed by atoms with Crippen molar-refractivity contribution in [3.8, 4) is 5.75 Å². The summed E-state index contributed by atoms with van der Waals surface area (Å²) in [5.74, 6) is -3.26. The van der Waals surface area contributed by atoms with Gasteiger partial charge in [-0.2, -0.15) is 0 Å². The van der Waals surface area contributed by atoms with Crippen LogP contribution in [0.15, 0.2) is 23.1 Å². The number of imide groups is 1. The average Bonchev–Trinajstić information content (AvgIpc) is 3.24. The zero-order valence-corrected chi connectivity index (χ0v) is 32.0. The predicted octanol–water partition coefficient (Wildman–Crippen LogP) is 7.44. The molecule has 1 aliphatic rings. The van der Waals surface area contributed by atoms with Gasteiger partial charge in [0, 0.05) is 11.8 Å². The number of anilines is 1. The number of nitrogens with one attached hydrogen (secondary N) is 2. The summed E-state index contributed by atoms with van der Waals surface area (Å²) in [5, 5.41) is 2.53. The normalized spacial score (nSPS) is 15.1. The molecule has 1 atom stereocenters. The molecule has 1 aromatic rings. The zero-order chi connectivity index (χ0) is 37.5. The third-order valence-electron chi connectivity index (χ3n) is 8.61. The Morgan fingerprint density at radius 1 is 0.860 bits per heavy atom. The number of benzene rings is 1. The highest BCUT2D eigenvalue weighted by atomic mass is 32.2. The van der Waals surface area contributed by atoms with E-state index in [0.717, 1.165) is 25.3 Å². The Morgan fingerprint density at radius 2 is 1.38 bits per heavy atom. The number of cyclic esters (lactones) is 1. The van der Waals surface area contributed by atoms with Crippen molar-refractivity contribution >= 4 is 45.3 Å². The average molecular weight is 722 g/mol. The number of ether oxygens (including phenoxy) is 2. The first kappa shape index (κ1) is 42.7. The number of hydrogen-bond acceptors (Lipinski definition) is 9. The molecule has 1 fully saturated rings. The molecule has 50 heavy (non-hydrogen) atoms. The number of carbonyl (C=O) groups excluding carboxylic acids is 5. The fraction of sp³-hybridized carbons (Fsp3) is 0.703. The lowest BCUT2D eigenvalue weighted by atomic mass is 9.85. The van der Waals surface area contributed by atoms with Gasteiger partial charge < -0.3 is 14.8 Å². The molecule has 2 rings (SSSR count). The number of ketones is 1. The SMILES string of the molecule is CCCCCCCCCCCCCCCCOc1ccc(S(=O)(=O)NC(=O)CC)cc1NC(=O)C(C(=O)C(C)(C)C)N1C(=O)OC(C)(C)C1=O. The first-order valence-corrected chi connectivity index (χ1v) is 19.7. The van der Waals surface area contributed by atoms with Gasteiger partial charge in [-0.1, -0.05) is 118 Å². The van der Waals surface area contributed by atoms with E-state index in [4.69, 9.17) is 9.47 Å². The number of unbranched alkanes of at least 4 members (excludes halogenated alkanes) is 13. The molecule has 0 aromatic heterocycles. The fourth-order valence-electron chi connectivity index (χ4n) is 5.53. The van der Waals surface area contributed by atoms with Crippen LogP contribution < -0.4 is 14.8 Å². The van der Waals surface area contributed by atoms with E-state index in [1.807, 2.05) is 4.72 Å². The molecule has 2 N–H and O–H groups in total. The Kier molecular flexibility index (Phi) is 16.9. The number of nitrogens with zero attached hydrogens (tertiary/aromatic N) is 1. The summed E-state index contributed by atoms with van der Waals surface area (Å²) in [4.78, 5) is 65.4. The van der Waals surface area contributed by atoms with E-state index in [2.05, 4.69) is 12.2 Å². The van der Waals surface area contributed by atoms with Crippen molar-refractivity contribution in [2.75, 3.05) is 11.9 Å². The molecule has 12 nitrogen and oxygen atoms in total. The van der Waals surface area contributed by atoms with E-state index in [9.17, 15) is 32.4 Å². The van der Waals surface area contributed by atoms with Crippen molar-refractivity contribution < 1.29 is 41.9 Å². The second-order valence-electron chi connectivity index (χ2n) is 14.5. The van der Waals surface area contributed by atoms with Gasteiger partial charge in [0.2, 0.25) is 5.91 Å². The number of sulfonamides is 1. The van der Waals surface area contributed by atoms with Crippen LogP contribution in [0.5, 0.6) is 5.75 Å². The van der Waals surface area contributed by atoms with Gasteiger partial charge in [-0.25, -0.2) is 22.8 Å². The molecule has 1 saturated heterocycles. The number of Topliss-reactive ketones (excluding diaryl/α,β-unsaturated/α-hetero) is 1. The summed E-state index contributed by atoms with van der Waals surface area (Å²) in [6.45, 7) is 11.3. The predicted molar refractivity (Wildman–Crippen MR) is 192 cm³/mol. The molecule has 0 saturated carbocycles. The fourth-order valence-corrected chi connectivity index (χ4v) is 6.61. The van der Waals surface area contributed by atoms with Gasteiger partial charge in [-0.3, -0.25) is 19.2 Å². The molecular formula is C37H59N3O9S.